The maximum Gasteiger partial charge on any atom is 0.354 e. The van der Waals surface area contributed by atoms with E-state index < -0.39 is 17.4 Å². The first-order valence-corrected chi connectivity index (χ1v) is 10.2. The fraction of sp³-hybridized carbons (Fsp3) is 0.348. The van der Waals surface area contributed by atoms with Crippen LogP contribution in [0.5, 0.6) is 5.75 Å². The number of carbonyl (C=O) groups is 3. The fourth-order valence-corrected chi connectivity index (χ4v) is 4.58. The molecule has 1 atom stereocenters. The van der Waals surface area contributed by atoms with E-state index in [1.54, 1.807) is 30.3 Å². The smallest absolute Gasteiger partial charge is 0.354 e. The molecule has 2 aromatic rings. The first-order valence-electron chi connectivity index (χ1n) is 10.2. The van der Waals surface area contributed by atoms with Crippen LogP contribution < -0.4 is 9.64 Å². The Hall–Kier alpha value is -3.42. The Balaban J connectivity index is 1.51. The van der Waals surface area contributed by atoms with Crippen LogP contribution in [0.4, 0.5) is 10.1 Å². The SMILES string of the molecule is COc1ccc(COC(=O)C23CCC(=O)N2c2ccccc2C(=O)N3C2CC2)cc1F. The zero-order chi connectivity index (χ0) is 21.8. The van der Waals surface area contributed by atoms with Gasteiger partial charge in [0.05, 0.1) is 18.4 Å². The Labute approximate surface area is 178 Å². The molecule has 2 aliphatic heterocycles. The Kier molecular flexibility index (Phi) is 4.46. The molecule has 0 aromatic heterocycles. The molecule has 7 nitrogen and oxygen atoms in total. The van der Waals surface area contributed by atoms with Gasteiger partial charge in [0.2, 0.25) is 11.6 Å². The van der Waals surface area contributed by atoms with Gasteiger partial charge in [-0.15, -0.1) is 0 Å². The van der Waals surface area contributed by atoms with Crippen LogP contribution in [0, 0.1) is 5.82 Å². The molecular formula is C23H21FN2O5. The predicted octanol–water partition coefficient (Wildman–Crippen LogP) is 3.02. The molecule has 2 aromatic carbocycles. The number of carbonyl (C=O) groups excluding carboxylic acids is 3. The van der Waals surface area contributed by atoms with Crippen LogP contribution in [0.3, 0.4) is 0 Å². The highest BCUT2D eigenvalue weighted by Crippen LogP contribution is 2.49. The molecule has 2 heterocycles. The summed E-state index contributed by atoms with van der Waals surface area (Å²) >= 11 is 0. The van der Waals surface area contributed by atoms with Crippen LogP contribution in [0.25, 0.3) is 0 Å². The van der Waals surface area contributed by atoms with E-state index in [1.807, 2.05) is 0 Å². The third kappa shape index (κ3) is 2.89. The van der Waals surface area contributed by atoms with Crippen molar-refractivity contribution in [1.29, 1.82) is 0 Å². The van der Waals surface area contributed by atoms with Crippen molar-refractivity contribution >= 4 is 23.5 Å². The number of methoxy groups -OCH3 is 1. The van der Waals surface area contributed by atoms with Crippen LogP contribution in [-0.4, -0.2) is 41.5 Å². The van der Waals surface area contributed by atoms with Crippen LogP contribution in [-0.2, 0) is 20.9 Å². The summed E-state index contributed by atoms with van der Waals surface area (Å²) in [6.07, 6.45) is 1.85. The van der Waals surface area contributed by atoms with Crippen LogP contribution in [0.1, 0.15) is 41.6 Å². The molecule has 0 bridgehead atoms. The third-order valence-electron chi connectivity index (χ3n) is 6.12. The molecule has 8 heteroatoms. The lowest BCUT2D eigenvalue weighted by atomic mass is 9.96. The molecule has 1 aliphatic carbocycles. The lowest BCUT2D eigenvalue weighted by Gasteiger charge is -2.48. The second kappa shape index (κ2) is 7.08. The summed E-state index contributed by atoms with van der Waals surface area (Å²) in [5, 5.41) is 0. The number of amides is 2. The molecule has 1 unspecified atom stereocenters. The Morgan fingerprint density at radius 2 is 1.97 bits per heavy atom. The summed E-state index contributed by atoms with van der Waals surface area (Å²) in [5.74, 6) is -1.64. The van der Waals surface area contributed by atoms with Gasteiger partial charge in [-0.3, -0.25) is 14.5 Å². The van der Waals surface area contributed by atoms with Crippen LogP contribution in [0.2, 0.25) is 0 Å². The zero-order valence-electron chi connectivity index (χ0n) is 17.0. The van der Waals surface area contributed by atoms with Gasteiger partial charge in [0.15, 0.2) is 11.6 Å². The van der Waals surface area contributed by atoms with Crippen LogP contribution >= 0.6 is 0 Å². The number of para-hydroxylation sites is 1. The average molecular weight is 424 g/mol. The summed E-state index contributed by atoms with van der Waals surface area (Å²) < 4.78 is 24.5. The molecule has 31 heavy (non-hydrogen) atoms. The standard InChI is InChI=1S/C23H21FN2O5/c1-30-19-9-6-14(12-17(19)24)13-31-22(29)23-11-10-20(27)26(23)18-5-3-2-4-16(18)21(28)25(23)15-7-8-15/h2-6,9,12,15H,7-8,10-11,13H2,1H3. The summed E-state index contributed by atoms with van der Waals surface area (Å²) in [6.45, 7) is -0.183. The number of anilines is 1. The summed E-state index contributed by atoms with van der Waals surface area (Å²) in [4.78, 5) is 42.7. The number of rotatable bonds is 5. The number of nitrogens with zero attached hydrogens (tertiary/aromatic N) is 2. The summed E-state index contributed by atoms with van der Waals surface area (Å²) in [6, 6.07) is 11.0. The van der Waals surface area contributed by atoms with Gasteiger partial charge in [0.1, 0.15) is 6.61 Å². The summed E-state index contributed by atoms with van der Waals surface area (Å²) in [7, 11) is 1.37. The molecule has 5 rings (SSSR count). The van der Waals surface area contributed by atoms with E-state index in [0.717, 1.165) is 12.8 Å². The average Bonchev–Trinajstić information content (AvgIpc) is 3.54. The van der Waals surface area contributed by atoms with Gasteiger partial charge >= 0.3 is 5.97 Å². The van der Waals surface area contributed by atoms with E-state index in [4.69, 9.17) is 9.47 Å². The third-order valence-corrected chi connectivity index (χ3v) is 6.12. The van der Waals surface area contributed by atoms with E-state index in [1.165, 1.54) is 29.0 Å². The van der Waals surface area contributed by atoms with Crippen molar-refractivity contribution in [2.45, 2.75) is 44.0 Å². The molecule has 160 valence electrons. The summed E-state index contributed by atoms with van der Waals surface area (Å²) in [5.41, 5.74) is -0.224. The second-order valence-electron chi connectivity index (χ2n) is 8.01. The molecule has 2 amide bonds. The molecule has 1 saturated heterocycles. The Morgan fingerprint density at radius 3 is 2.68 bits per heavy atom. The first-order chi connectivity index (χ1) is 15.0. The van der Waals surface area contributed by atoms with Gasteiger partial charge in [-0.05, 0) is 42.7 Å². The monoisotopic (exact) mass is 424 g/mol. The number of benzene rings is 2. The second-order valence-corrected chi connectivity index (χ2v) is 8.01. The minimum Gasteiger partial charge on any atom is -0.494 e. The minimum absolute atomic E-state index is 0.0932. The van der Waals surface area contributed by atoms with Gasteiger partial charge in [-0.1, -0.05) is 18.2 Å². The van der Waals surface area contributed by atoms with E-state index in [9.17, 15) is 18.8 Å². The van der Waals surface area contributed by atoms with Gasteiger partial charge in [-0.25, -0.2) is 9.18 Å². The highest BCUT2D eigenvalue weighted by atomic mass is 19.1. The van der Waals surface area contributed by atoms with Crippen molar-refractivity contribution in [3.05, 3.63) is 59.4 Å². The number of hydrogen-bond acceptors (Lipinski definition) is 5. The highest BCUT2D eigenvalue weighted by Gasteiger charge is 2.64. The normalized spacial score (nSPS) is 22.3. The molecule has 0 radical (unpaired) electrons. The molecule has 2 fully saturated rings. The number of fused-ring (bicyclic) bond motifs is 3. The number of ether oxygens (including phenoxy) is 2. The first kappa shape index (κ1) is 19.5. The fourth-order valence-electron chi connectivity index (χ4n) is 4.58. The number of halogens is 1. The molecule has 0 spiro atoms. The predicted molar refractivity (Wildman–Crippen MR) is 108 cm³/mol. The molecule has 0 N–H and O–H groups in total. The lowest BCUT2D eigenvalue weighted by Crippen LogP contribution is -2.69. The quantitative estimate of drug-likeness (QED) is 0.690. The molecule has 3 aliphatic rings. The van der Waals surface area contributed by atoms with Crippen LogP contribution in [0.15, 0.2) is 42.5 Å². The topological polar surface area (TPSA) is 76.1 Å². The van der Waals surface area contributed by atoms with Gasteiger partial charge in [0.25, 0.3) is 5.91 Å². The van der Waals surface area contributed by atoms with E-state index in [2.05, 4.69) is 0 Å². The largest absolute Gasteiger partial charge is 0.494 e. The highest BCUT2D eigenvalue weighted by molar-refractivity contribution is 6.15. The lowest BCUT2D eigenvalue weighted by molar-refractivity contribution is -0.159. The van der Waals surface area contributed by atoms with Crippen molar-refractivity contribution < 1.29 is 28.2 Å². The van der Waals surface area contributed by atoms with Crippen molar-refractivity contribution in [1.82, 2.24) is 4.90 Å². The Morgan fingerprint density at radius 1 is 1.19 bits per heavy atom. The zero-order valence-corrected chi connectivity index (χ0v) is 17.0. The van der Waals surface area contributed by atoms with Crippen molar-refractivity contribution in [2.75, 3.05) is 12.0 Å². The van der Waals surface area contributed by atoms with Crippen molar-refractivity contribution in [3.63, 3.8) is 0 Å². The van der Waals surface area contributed by atoms with Gasteiger partial charge in [0, 0.05) is 18.9 Å². The van der Waals surface area contributed by atoms with Gasteiger partial charge < -0.3 is 14.4 Å². The Bertz CT molecular complexity index is 1100. The van der Waals surface area contributed by atoms with E-state index >= 15 is 0 Å². The maximum atomic E-state index is 14.0. The number of esters is 1. The minimum atomic E-state index is -1.51. The van der Waals surface area contributed by atoms with Gasteiger partial charge in [-0.2, -0.15) is 0 Å². The van der Waals surface area contributed by atoms with E-state index in [-0.39, 0.29) is 43.1 Å². The number of hydrogen-bond donors (Lipinski definition) is 0. The van der Waals surface area contributed by atoms with Crippen molar-refractivity contribution in [2.24, 2.45) is 0 Å². The molecule has 1 saturated carbocycles. The molecular weight excluding hydrogens is 403 g/mol. The maximum absolute atomic E-state index is 14.0. The van der Waals surface area contributed by atoms with E-state index in [0.29, 0.717) is 16.8 Å². The van der Waals surface area contributed by atoms with Crippen molar-refractivity contribution in [3.8, 4) is 5.75 Å².